The highest BCUT2D eigenvalue weighted by molar-refractivity contribution is 6.54. The van der Waals surface area contributed by atoms with Crippen LogP contribution in [-0.2, 0) is 8.85 Å². The summed E-state index contributed by atoms with van der Waals surface area (Å²) < 4.78 is 10.2. The van der Waals surface area contributed by atoms with Crippen LogP contribution in [0.15, 0.2) is 23.9 Å². The summed E-state index contributed by atoms with van der Waals surface area (Å²) in [4.78, 5) is 0. The van der Waals surface area contributed by atoms with Gasteiger partial charge in [-0.15, -0.1) is 0 Å². The van der Waals surface area contributed by atoms with Crippen LogP contribution in [0.3, 0.4) is 0 Å². The van der Waals surface area contributed by atoms with Crippen LogP contribution in [0.1, 0.15) is 6.92 Å². The van der Waals surface area contributed by atoms with E-state index in [0.717, 1.165) is 10.8 Å². The molecule has 2 nitrogen and oxygen atoms in total. The van der Waals surface area contributed by atoms with Crippen molar-refractivity contribution in [2.45, 2.75) is 6.92 Å². The third-order valence-electron chi connectivity index (χ3n) is 1.26. The zero-order valence-electron chi connectivity index (χ0n) is 6.81. The minimum atomic E-state index is -1.64. The molecule has 0 fully saturated rings. The molecule has 3 heteroatoms. The number of hydrogen-bond donors (Lipinski definition) is 0. The minimum absolute atomic E-state index is 0.921. The van der Waals surface area contributed by atoms with Crippen molar-refractivity contribution in [1.82, 2.24) is 0 Å². The van der Waals surface area contributed by atoms with E-state index in [9.17, 15) is 0 Å². The summed E-state index contributed by atoms with van der Waals surface area (Å²) in [7, 11) is 1.63. The van der Waals surface area contributed by atoms with E-state index in [2.05, 4.69) is 13.2 Å². The second-order valence-corrected chi connectivity index (χ2v) is 4.41. The minimum Gasteiger partial charge on any atom is -0.397 e. The second-order valence-electron chi connectivity index (χ2n) is 2.11. The van der Waals surface area contributed by atoms with Gasteiger partial charge in [0.2, 0.25) is 0 Å². The molecular weight excluding hydrogens is 144 g/mol. The number of hydrogen-bond acceptors (Lipinski definition) is 2. The lowest BCUT2D eigenvalue weighted by Crippen LogP contribution is -2.22. The molecule has 0 aromatic rings. The average molecular weight is 158 g/mol. The lowest BCUT2D eigenvalue weighted by Gasteiger charge is -2.12. The third-order valence-corrected chi connectivity index (χ3v) is 3.18. The fourth-order valence-corrected chi connectivity index (χ4v) is 1.75. The first-order chi connectivity index (χ1) is 4.63. The zero-order valence-corrected chi connectivity index (χ0v) is 7.96. The Kier molecular flexibility index (Phi) is 4.27. The highest BCUT2D eigenvalue weighted by Gasteiger charge is 2.13. The Bertz CT molecular complexity index is 139. The van der Waals surface area contributed by atoms with Gasteiger partial charge in [0, 0.05) is 14.2 Å². The molecule has 0 rings (SSSR count). The molecule has 0 heterocycles. The van der Waals surface area contributed by atoms with Crippen molar-refractivity contribution in [3.63, 3.8) is 0 Å². The predicted molar refractivity (Wildman–Crippen MR) is 45.1 cm³/mol. The van der Waals surface area contributed by atoms with Crippen LogP contribution in [0.2, 0.25) is 0 Å². The first kappa shape index (κ1) is 9.62. The molecule has 0 saturated heterocycles. The standard InChI is InChI=1S/C7H14O2Si/c1-6(2)7(3)10(8-4)9-5/h10H,1,3H2,2,4-5H3. The van der Waals surface area contributed by atoms with Crippen LogP contribution in [0.5, 0.6) is 0 Å². The normalized spacial score (nSPS) is 10.0. The van der Waals surface area contributed by atoms with Crippen molar-refractivity contribution < 1.29 is 8.85 Å². The lowest BCUT2D eigenvalue weighted by atomic mass is 10.3. The largest absolute Gasteiger partial charge is 0.397 e. The van der Waals surface area contributed by atoms with E-state index >= 15 is 0 Å². The summed E-state index contributed by atoms with van der Waals surface area (Å²) >= 11 is 0. The van der Waals surface area contributed by atoms with Crippen molar-refractivity contribution in [1.29, 1.82) is 0 Å². The molecule has 0 aliphatic rings. The van der Waals surface area contributed by atoms with Gasteiger partial charge in [-0.1, -0.05) is 18.7 Å². The molecule has 0 aromatic heterocycles. The summed E-state index contributed by atoms with van der Waals surface area (Å²) in [6, 6.07) is 0. The van der Waals surface area contributed by atoms with Crippen molar-refractivity contribution >= 4 is 9.28 Å². The Morgan fingerprint density at radius 3 is 1.70 bits per heavy atom. The molecule has 58 valence electrons. The van der Waals surface area contributed by atoms with Crippen LogP contribution in [0, 0.1) is 0 Å². The molecule has 0 aromatic carbocycles. The second kappa shape index (κ2) is 4.44. The molecule has 0 radical (unpaired) electrons. The molecule has 0 aliphatic carbocycles. The summed E-state index contributed by atoms with van der Waals surface area (Å²) in [5, 5.41) is 0.921. The number of rotatable bonds is 4. The first-order valence-corrected chi connectivity index (χ1v) is 4.55. The van der Waals surface area contributed by atoms with E-state index in [-0.39, 0.29) is 0 Å². The number of allylic oxidation sites excluding steroid dienone is 2. The van der Waals surface area contributed by atoms with Crippen molar-refractivity contribution in [2.75, 3.05) is 14.2 Å². The van der Waals surface area contributed by atoms with Gasteiger partial charge in [-0.3, -0.25) is 0 Å². The van der Waals surface area contributed by atoms with E-state index in [1.807, 2.05) is 6.92 Å². The van der Waals surface area contributed by atoms with Crippen LogP contribution < -0.4 is 0 Å². The van der Waals surface area contributed by atoms with E-state index < -0.39 is 9.28 Å². The SMILES string of the molecule is C=C(C)C(=C)[SiH](OC)OC. The molecule has 0 bridgehead atoms. The maximum absolute atomic E-state index is 5.08. The molecule has 10 heavy (non-hydrogen) atoms. The Balaban J connectivity index is 4.02. The van der Waals surface area contributed by atoms with Gasteiger partial charge < -0.3 is 8.85 Å². The molecule has 0 unspecified atom stereocenters. The zero-order chi connectivity index (χ0) is 8.15. The third kappa shape index (κ3) is 2.47. The first-order valence-electron chi connectivity index (χ1n) is 3.03. The van der Waals surface area contributed by atoms with Crippen LogP contribution >= 0.6 is 0 Å². The van der Waals surface area contributed by atoms with Gasteiger partial charge in [0.25, 0.3) is 0 Å². The van der Waals surface area contributed by atoms with Crippen LogP contribution in [0.25, 0.3) is 0 Å². The van der Waals surface area contributed by atoms with E-state index in [1.165, 1.54) is 0 Å². The molecule has 0 N–H and O–H groups in total. The Hall–Kier alpha value is -0.383. The fourth-order valence-electron chi connectivity index (χ4n) is 0.582. The summed E-state index contributed by atoms with van der Waals surface area (Å²) in [6.07, 6.45) is 0. The lowest BCUT2D eigenvalue weighted by molar-refractivity contribution is 0.288. The summed E-state index contributed by atoms with van der Waals surface area (Å²) in [5.41, 5.74) is 0.945. The monoisotopic (exact) mass is 158 g/mol. The fraction of sp³-hybridized carbons (Fsp3) is 0.429. The highest BCUT2D eigenvalue weighted by Crippen LogP contribution is 2.08. The quantitative estimate of drug-likeness (QED) is 0.452. The molecule has 0 aliphatic heterocycles. The maximum Gasteiger partial charge on any atom is 0.354 e. The van der Waals surface area contributed by atoms with E-state index in [0.29, 0.717) is 0 Å². The van der Waals surface area contributed by atoms with Crippen molar-refractivity contribution in [3.05, 3.63) is 23.9 Å². The van der Waals surface area contributed by atoms with Gasteiger partial charge in [0.15, 0.2) is 0 Å². The van der Waals surface area contributed by atoms with Gasteiger partial charge in [0.05, 0.1) is 0 Å². The average Bonchev–Trinajstić information content (AvgIpc) is 1.90. The predicted octanol–water partition coefficient (Wildman–Crippen LogP) is 1.17. The Labute approximate surface area is 64.0 Å². The van der Waals surface area contributed by atoms with Crippen molar-refractivity contribution in [3.8, 4) is 0 Å². The molecule has 0 saturated carbocycles. The summed E-state index contributed by atoms with van der Waals surface area (Å²) in [6.45, 7) is 9.46. The van der Waals surface area contributed by atoms with Gasteiger partial charge >= 0.3 is 9.28 Å². The Morgan fingerprint density at radius 2 is 1.60 bits per heavy atom. The van der Waals surface area contributed by atoms with Crippen LogP contribution in [-0.4, -0.2) is 23.5 Å². The molecule has 0 atom stereocenters. The van der Waals surface area contributed by atoms with Gasteiger partial charge in [-0.05, 0) is 12.1 Å². The molecule has 0 spiro atoms. The van der Waals surface area contributed by atoms with Crippen LogP contribution in [0.4, 0.5) is 0 Å². The van der Waals surface area contributed by atoms with Crippen molar-refractivity contribution in [2.24, 2.45) is 0 Å². The van der Waals surface area contributed by atoms with E-state index in [1.54, 1.807) is 14.2 Å². The summed E-state index contributed by atoms with van der Waals surface area (Å²) in [5.74, 6) is 0. The molecule has 0 amide bonds. The Morgan fingerprint density at radius 1 is 1.20 bits per heavy atom. The van der Waals surface area contributed by atoms with Gasteiger partial charge in [-0.25, -0.2) is 0 Å². The maximum atomic E-state index is 5.08. The van der Waals surface area contributed by atoms with E-state index in [4.69, 9.17) is 8.85 Å². The molecular formula is C7H14O2Si. The van der Waals surface area contributed by atoms with Gasteiger partial charge in [0.1, 0.15) is 0 Å². The topological polar surface area (TPSA) is 18.5 Å². The highest BCUT2D eigenvalue weighted by atomic mass is 28.3. The smallest absolute Gasteiger partial charge is 0.354 e. The van der Waals surface area contributed by atoms with Gasteiger partial charge in [-0.2, -0.15) is 0 Å².